The molecule has 0 bridgehead atoms. The van der Waals surface area contributed by atoms with E-state index in [-0.39, 0.29) is 29.0 Å². The van der Waals surface area contributed by atoms with Crippen LogP contribution in [0.25, 0.3) is 5.69 Å². The summed E-state index contributed by atoms with van der Waals surface area (Å²) in [6.45, 7) is 14.3. The van der Waals surface area contributed by atoms with Gasteiger partial charge < -0.3 is 4.90 Å². The smallest absolute Gasteiger partial charge is 0.242 e. The Morgan fingerprint density at radius 1 is 1.03 bits per heavy atom. The van der Waals surface area contributed by atoms with Gasteiger partial charge in [0.25, 0.3) is 0 Å². The van der Waals surface area contributed by atoms with Gasteiger partial charge in [-0.15, -0.1) is 11.8 Å². The standard InChI is InChI=1S/C31H38N4O2S/c1-20-10-9-11-23(17-20)28-27-29(31(4,5)6)32-35(24-13-12-21(2)16-22(24)3)30(27)34(26(37)19-38-28)18-25(36)33-14-7-8-15-33/h9-13,16-17,28H,7-8,14-15,18-19H2,1-6H3. The minimum absolute atomic E-state index is 0.00601. The minimum Gasteiger partial charge on any atom is -0.341 e. The van der Waals surface area contributed by atoms with E-state index in [4.69, 9.17) is 5.10 Å². The highest BCUT2D eigenvalue weighted by molar-refractivity contribution is 8.00. The SMILES string of the molecule is Cc1cccc(C2SCC(=O)N(CC(=O)N3CCCC3)c3c2c(C(C)(C)C)nn3-c2ccc(C)cc2C)c1. The summed E-state index contributed by atoms with van der Waals surface area (Å²) in [6.07, 6.45) is 2.04. The fourth-order valence-corrected chi connectivity index (χ4v) is 6.77. The molecule has 0 saturated carbocycles. The minimum atomic E-state index is -0.269. The molecule has 2 aliphatic heterocycles. The number of nitrogens with zero attached hydrogens (tertiary/aromatic N) is 4. The first kappa shape index (κ1) is 26.5. The molecule has 3 aromatic rings. The Labute approximate surface area is 230 Å². The number of rotatable bonds is 4. The van der Waals surface area contributed by atoms with Crippen LogP contribution in [0.2, 0.25) is 0 Å². The second-order valence-electron chi connectivity index (χ2n) is 11.7. The van der Waals surface area contributed by atoms with E-state index in [0.29, 0.717) is 5.75 Å². The zero-order chi connectivity index (χ0) is 27.2. The maximum atomic E-state index is 13.8. The van der Waals surface area contributed by atoms with E-state index >= 15 is 0 Å². The number of thioether (sulfide) groups is 1. The second-order valence-corrected chi connectivity index (χ2v) is 12.8. The van der Waals surface area contributed by atoms with E-state index in [1.165, 1.54) is 11.1 Å². The molecule has 1 saturated heterocycles. The van der Waals surface area contributed by atoms with Crippen molar-refractivity contribution in [1.82, 2.24) is 14.7 Å². The summed E-state index contributed by atoms with van der Waals surface area (Å²) in [7, 11) is 0. The van der Waals surface area contributed by atoms with Gasteiger partial charge in [-0.3, -0.25) is 14.5 Å². The summed E-state index contributed by atoms with van der Waals surface area (Å²) in [5.74, 6) is 0.990. The molecular formula is C31H38N4O2S. The van der Waals surface area contributed by atoms with Crippen molar-refractivity contribution >= 4 is 29.4 Å². The molecule has 1 atom stereocenters. The van der Waals surface area contributed by atoms with Crippen molar-refractivity contribution in [2.75, 3.05) is 30.3 Å². The van der Waals surface area contributed by atoms with Gasteiger partial charge in [-0.25, -0.2) is 4.68 Å². The summed E-state index contributed by atoms with van der Waals surface area (Å²) in [6, 6.07) is 14.8. The van der Waals surface area contributed by atoms with E-state index < -0.39 is 0 Å². The maximum Gasteiger partial charge on any atom is 0.242 e. The number of hydrogen-bond acceptors (Lipinski definition) is 4. The number of aromatic nitrogens is 2. The highest BCUT2D eigenvalue weighted by Crippen LogP contribution is 2.48. The van der Waals surface area contributed by atoms with Gasteiger partial charge in [0.1, 0.15) is 12.4 Å². The van der Waals surface area contributed by atoms with Crippen molar-refractivity contribution in [1.29, 1.82) is 0 Å². The van der Waals surface area contributed by atoms with Crippen LogP contribution in [-0.4, -0.2) is 51.9 Å². The lowest BCUT2D eigenvalue weighted by Gasteiger charge is -2.26. The van der Waals surface area contributed by atoms with Crippen LogP contribution in [-0.2, 0) is 15.0 Å². The molecule has 5 rings (SSSR count). The van der Waals surface area contributed by atoms with Crippen LogP contribution in [0.1, 0.15) is 72.4 Å². The fourth-order valence-electron chi connectivity index (χ4n) is 5.58. The first-order valence-corrected chi connectivity index (χ1v) is 14.6. The molecule has 0 radical (unpaired) electrons. The van der Waals surface area contributed by atoms with Gasteiger partial charge in [0.05, 0.1) is 22.4 Å². The molecule has 7 heteroatoms. The molecule has 2 amide bonds. The highest BCUT2D eigenvalue weighted by atomic mass is 32.2. The van der Waals surface area contributed by atoms with E-state index in [0.717, 1.165) is 59.8 Å². The largest absolute Gasteiger partial charge is 0.341 e. The predicted molar refractivity (Wildman–Crippen MR) is 155 cm³/mol. The second kappa shape index (κ2) is 10.3. The van der Waals surface area contributed by atoms with Gasteiger partial charge in [0.15, 0.2) is 0 Å². The number of hydrogen-bond donors (Lipinski definition) is 0. The molecule has 6 nitrogen and oxygen atoms in total. The molecule has 2 aliphatic rings. The lowest BCUT2D eigenvalue weighted by Crippen LogP contribution is -2.43. The summed E-state index contributed by atoms with van der Waals surface area (Å²) in [5.41, 5.74) is 7.25. The van der Waals surface area contributed by atoms with Crippen molar-refractivity contribution in [3.05, 3.63) is 76.0 Å². The van der Waals surface area contributed by atoms with Gasteiger partial charge >= 0.3 is 0 Å². The van der Waals surface area contributed by atoms with Crippen LogP contribution in [0.15, 0.2) is 42.5 Å². The molecule has 0 spiro atoms. The van der Waals surface area contributed by atoms with Crippen molar-refractivity contribution in [3.63, 3.8) is 0 Å². The van der Waals surface area contributed by atoms with Gasteiger partial charge in [-0.05, 0) is 50.8 Å². The number of benzene rings is 2. The Bertz CT molecular complexity index is 1380. The van der Waals surface area contributed by atoms with Crippen LogP contribution in [0.3, 0.4) is 0 Å². The van der Waals surface area contributed by atoms with Crippen molar-refractivity contribution in [2.24, 2.45) is 0 Å². The van der Waals surface area contributed by atoms with Gasteiger partial charge in [-0.2, -0.15) is 5.10 Å². The number of amides is 2. The van der Waals surface area contributed by atoms with E-state index in [9.17, 15) is 9.59 Å². The maximum absolute atomic E-state index is 13.8. The topological polar surface area (TPSA) is 58.4 Å². The number of likely N-dealkylation sites (tertiary alicyclic amines) is 1. The molecule has 38 heavy (non-hydrogen) atoms. The quantitative estimate of drug-likeness (QED) is 0.422. The van der Waals surface area contributed by atoms with Crippen molar-refractivity contribution in [3.8, 4) is 5.69 Å². The van der Waals surface area contributed by atoms with Crippen molar-refractivity contribution in [2.45, 2.75) is 65.0 Å². The number of carbonyl (C=O) groups is 2. The number of anilines is 1. The molecule has 1 unspecified atom stereocenters. The Hall–Kier alpha value is -3.06. The van der Waals surface area contributed by atoms with Crippen LogP contribution in [0.4, 0.5) is 5.82 Å². The van der Waals surface area contributed by atoms with E-state index in [1.807, 2.05) is 9.58 Å². The normalized spacial score (nSPS) is 18.1. The van der Waals surface area contributed by atoms with E-state index in [1.54, 1.807) is 16.7 Å². The van der Waals surface area contributed by atoms with Crippen LogP contribution in [0, 0.1) is 20.8 Å². The average Bonchev–Trinajstić information content (AvgIpc) is 3.49. The lowest BCUT2D eigenvalue weighted by molar-refractivity contribution is -0.130. The zero-order valence-electron chi connectivity index (χ0n) is 23.4. The number of fused-ring (bicyclic) bond motifs is 1. The molecular weight excluding hydrogens is 492 g/mol. The van der Waals surface area contributed by atoms with Crippen LogP contribution < -0.4 is 4.90 Å². The third-order valence-electron chi connectivity index (χ3n) is 7.48. The predicted octanol–water partition coefficient (Wildman–Crippen LogP) is 5.89. The van der Waals surface area contributed by atoms with Crippen LogP contribution >= 0.6 is 11.8 Å². The highest BCUT2D eigenvalue weighted by Gasteiger charge is 2.40. The molecule has 3 heterocycles. The first-order valence-electron chi connectivity index (χ1n) is 13.5. The Kier molecular flexibility index (Phi) is 7.16. The molecule has 0 aliphatic carbocycles. The molecule has 0 N–H and O–H groups in total. The number of carbonyl (C=O) groups excluding carboxylic acids is 2. The lowest BCUT2D eigenvalue weighted by atomic mass is 9.87. The van der Waals surface area contributed by atoms with Gasteiger partial charge in [0, 0.05) is 24.1 Å². The van der Waals surface area contributed by atoms with Gasteiger partial charge in [0.2, 0.25) is 11.8 Å². The molecule has 2 aromatic carbocycles. The van der Waals surface area contributed by atoms with E-state index in [2.05, 4.69) is 84.0 Å². The fraction of sp³-hybridized carbons (Fsp3) is 0.452. The summed E-state index contributed by atoms with van der Waals surface area (Å²) < 4.78 is 1.94. The summed E-state index contributed by atoms with van der Waals surface area (Å²) in [5, 5.41) is 5.16. The van der Waals surface area contributed by atoms with Crippen LogP contribution in [0.5, 0.6) is 0 Å². The Morgan fingerprint density at radius 3 is 2.39 bits per heavy atom. The van der Waals surface area contributed by atoms with Gasteiger partial charge in [-0.1, -0.05) is 68.3 Å². The van der Waals surface area contributed by atoms with Crippen molar-refractivity contribution < 1.29 is 9.59 Å². The average molecular weight is 531 g/mol. The first-order chi connectivity index (χ1) is 18.0. The molecule has 1 aromatic heterocycles. The summed E-state index contributed by atoms with van der Waals surface area (Å²) in [4.78, 5) is 30.9. The Balaban J connectivity index is 1.78. The third-order valence-corrected chi connectivity index (χ3v) is 8.73. The Morgan fingerprint density at radius 2 is 1.74 bits per heavy atom. The summed E-state index contributed by atoms with van der Waals surface area (Å²) >= 11 is 1.64. The number of aryl methyl sites for hydroxylation is 3. The zero-order valence-corrected chi connectivity index (χ0v) is 24.2. The molecule has 200 valence electrons. The molecule has 1 fully saturated rings. The monoisotopic (exact) mass is 530 g/mol. The third kappa shape index (κ3) is 5.00.